The van der Waals surface area contributed by atoms with Crippen molar-refractivity contribution >= 4 is 21.7 Å². The van der Waals surface area contributed by atoms with Gasteiger partial charge in [0, 0.05) is 5.56 Å². The largest absolute Gasteiger partial charge is 0.478 e. The highest BCUT2D eigenvalue weighted by Gasteiger charge is 2.18. The maximum Gasteiger partial charge on any atom is 0.335 e. The van der Waals surface area contributed by atoms with E-state index in [0.717, 1.165) is 0 Å². The van der Waals surface area contributed by atoms with Crippen LogP contribution in [0.15, 0.2) is 57.9 Å². The summed E-state index contributed by atoms with van der Waals surface area (Å²) in [5.74, 6) is -0.652. The molecule has 1 aromatic heterocycles. The third kappa shape index (κ3) is 3.45. The number of anilines is 1. The molecule has 0 aliphatic carbocycles. The third-order valence-corrected chi connectivity index (χ3v) is 5.20. The van der Waals surface area contributed by atoms with Crippen LogP contribution in [0, 0.1) is 13.8 Å². The number of aromatic nitrogens is 1. The number of hydrogen-bond donors (Lipinski definition) is 2. The van der Waals surface area contributed by atoms with E-state index < -0.39 is 16.0 Å². The first-order valence-corrected chi connectivity index (χ1v) is 9.16. The molecule has 0 saturated heterocycles. The first-order chi connectivity index (χ1) is 12.3. The molecule has 0 unspecified atom stereocenters. The number of sulfonamides is 1. The maximum absolute atomic E-state index is 12.5. The zero-order valence-corrected chi connectivity index (χ0v) is 14.9. The summed E-state index contributed by atoms with van der Waals surface area (Å²) in [6.45, 7) is 3.43. The summed E-state index contributed by atoms with van der Waals surface area (Å²) in [5.41, 5.74) is 1.82. The topological polar surface area (TPSA) is 110 Å². The highest BCUT2D eigenvalue weighted by Crippen LogP contribution is 2.31. The van der Waals surface area contributed by atoms with Crippen LogP contribution in [0.25, 0.3) is 11.1 Å². The number of benzene rings is 2. The van der Waals surface area contributed by atoms with Gasteiger partial charge < -0.3 is 9.63 Å². The molecule has 8 heteroatoms. The van der Waals surface area contributed by atoms with Gasteiger partial charge in [0.15, 0.2) is 0 Å². The summed E-state index contributed by atoms with van der Waals surface area (Å²) in [6, 6.07) is 12.1. The lowest BCUT2D eigenvalue weighted by atomic mass is 10.0. The molecule has 0 saturated carbocycles. The van der Waals surface area contributed by atoms with Gasteiger partial charge in [-0.1, -0.05) is 23.4 Å². The summed E-state index contributed by atoms with van der Waals surface area (Å²) >= 11 is 0. The Balaban J connectivity index is 2.09. The first kappa shape index (κ1) is 17.7. The second-order valence-corrected chi connectivity index (χ2v) is 7.40. The minimum absolute atomic E-state index is 0.0479. The van der Waals surface area contributed by atoms with Crippen LogP contribution in [0.5, 0.6) is 0 Å². The molecular formula is C18H16N2O5S. The summed E-state index contributed by atoms with van der Waals surface area (Å²) in [5, 5.41) is 13.2. The summed E-state index contributed by atoms with van der Waals surface area (Å²) in [4.78, 5) is 11.5. The summed E-state index contributed by atoms with van der Waals surface area (Å²) < 4.78 is 32.6. The molecule has 0 amide bonds. The number of carboxylic acids is 1. The van der Waals surface area contributed by atoms with Crippen LogP contribution in [0.2, 0.25) is 0 Å². The molecule has 1 heterocycles. The molecule has 134 valence electrons. The fourth-order valence-corrected chi connectivity index (χ4v) is 3.72. The van der Waals surface area contributed by atoms with E-state index in [0.29, 0.717) is 22.6 Å². The normalized spacial score (nSPS) is 11.3. The van der Waals surface area contributed by atoms with Crippen molar-refractivity contribution in [3.8, 4) is 11.1 Å². The second kappa shape index (κ2) is 6.64. The Morgan fingerprint density at radius 1 is 1.12 bits per heavy atom. The van der Waals surface area contributed by atoms with Gasteiger partial charge in [0.25, 0.3) is 10.0 Å². The first-order valence-electron chi connectivity index (χ1n) is 7.67. The molecule has 3 rings (SSSR count). The fraction of sp³-hybridized carbons (Fsp3) is 0.111. The van der Waals surface area contributed by atoms with E-state index in [9.17, 15) is 18.3 Å². The fourth-order valence-electron chi connectivity index (χ4n) is 2.66. The standard InChI is InChI=1S/C18H16N2O5S/c1-11-17(12(2)25-19-11)13-8-14(18(21)22)10-15(9-13)20-26(23,24)16-6-4-3-5-7-16/h3-10,20H,1-2H3,(H,21,22). The van der Waals surface area contributed by atoms with Crippen molar-refractivity contribution in [3.05, 3.63) is 65.5 Å². The molecule has 0 atom stereocenters. The number of nitrogens with zero attached hydrogens (tertiary/aromatic N) is 1. The van der Waals surface area contributed by atoms with Crippen LogP contribution in [0.4, 0.5) is 5.69 Å². The minimum Gasteiger partial charge on any atom is -0.478 e. The smallest absolute Gasteiger partial charge is 0.335 e. The van der Waals surface area contributed by atoms with E-state index >= 15 is 0 Å². The lowest BCUT2D eigenvalue weighted by molar-refractivity contribution is 0.0697. The Labute approximate surface area is 150 Å². The second-order valence-electron chi connectivity index (χ2n) is 5.72. The SMILES string of the molecule is Cc1noc(C)c1-c1cc(NS(=O)(=O)c2ccccc2)cc(C(=O)O)c1. The van der Waals surface area contributed by atoms with Crippen LogP contribution in [-0.4, -0.2) is 24.7 Å². The monoisotopic (exact) mass is 372 g/mol. The molecule has 0 bridgehead atoms. The maximum atomic E-state index is 12.5. The number of aromatic carboxylic acids is 1. The average molecular weight is 372 g/mol. The van der Waals surface area contributed by atoms with E-state index in [2.05, 4.69) is 9.88 Å². The molecule has 0 aliphatic heterocycles. The number of rotatable bonds is 5. The lowest BCUT2D eigenvalue weighted by Gasteiger charge is -2.11. The number of carboxylic acid groups (broad SMARTS) is 1. The van der Waals surface area contributed by atoms with Gasteiger partial charge in [-0.15, -0.1) is 0 Å². The molecule has 7 nitrogen and oxygen atoms in total. The van der Waals surface area contributed by atoms with Crippen molar-refractivity contribution in [3.63, 3.8) is 0 Å². The highest BCUT2D eigenvalue weighted by atomic mass is 32.2. The van der Waals surface area contributed by atoms with Crippen molar-refractivity contribution in [1.29, 1.82) is 0 Å². The molecule has 2 aromatic carbocycles. The molecule has 2 N–H and O–H groups in total. The van der Waals surface area contributed by atoms with E-state index in [1.807, 2.05) is 0 Å². The zero-order valence-electron chi connectivity index (χ0n) is 14.1. The number of nitrogens with one attached hydrogen (secondary N) is 1. The average Bonchev–Trinajstić information content (AvgIpc) is 2.93. The van der Waals surface area contributed by atoms with Gasteiger partial charge >= 0.3 is 5.97 Å². The van der Waals surface area contributed by atoms with Crippen molar-refractivity contribution in [2.45, 2.75) is 18.7 Å². The molecule has 3 aromatic rings. The van der Waals surface area contributed by atoms with Crippen molar-refractivity contribution in [1.82, 2.24) is 5.16 Å². The molecule has 26 heavy (non-hydrogen) atoms. The lowest BCUT2D eigenvalue weighted by Crippen LogP contribution is -2.13. The Hall–Kier alpha value is -3.13. The van der Waals surface area contributed by atoms with Gasteiger partial charge in [0.1, 0.15) is 5.76 Å². The van der Waals surface area contributed by atoms with Crippen LogP contribution in [0.1, 0.15) is 21.8 Å². The highest BCUT2D eigenvalue weighted by molar-refractivity contribution is 7.92. The van der Waals surface area contributed by atoms with Gasteiger partial charge in [-0.25, -0.2) is 13.2 Å². The van der Waals surface area contributed by atoms with Crippen LogP contribution in [-0.2, 0) is 10.0 Å². The Bertz CT molecular complexity index is 1050. The predicted octanol–water partition coefficient (Wildman–Crippen LogP) is 3.46. The molecule has 0 radical (unpaired) electrons. The molecular weight excluding hydrogens is 356 g/mol. The number of aryl methyl sites for hydroxylation is 2. The number of carbonyl (C=O) groups is 1. The van der Waals surface area contributed by atoms with Crippen LogP contribution >= 0.6 is 0 Å². The van der Waals surface area contributed by atoms with Gasteiger partial charge in [0.05, 0.1) is 21.8 Å². The van der Waals surface area contributed by atoms with Gasteiger partial charge in [-0.3, -0.25) is 4.72 Å². The van der Waals surface area contributed by atoms with Gasteiger partial charge in [-0.2, -0.15) is 0 Å². The van der Waals surface area contributed by atoms with Crippen molar-refractivity contribution < 1.29 is 22.8 Å². The van der Waals surface area contributed by atoms with Crippen LogP contribution in [0.3, 0.4) is 0 Å². The van der Waals surface area contributed by atoms with Gasteiger partial charge in [-0.05, 0) is 49.7 Å². The number of hydrogen-bond acceptors (Lipinski definition) is 5. The van der Waals surface area contributed by atoms with E-state index in [4.69, 9.17) is 4.52 Å². The van der Waals surface area contributed by atoms with E-state index in [1.54, 1.807) is 38.1 Å². The van der Waals surface area contributed by atoms with Crippen molar-refractivity contribution in [2.75, 3.05) is 4.72 Å². The quantitative estimate of drug-likeness (QED) is 0.710. The third-order valence-electron chi connectivity index (χ3n) is 3.81. The molecule has 0 aliphatic rings. The van der Waals surface area contributed by atoms with Crippen molar-refractivity contribution in [2.24, 2.45) is 0 Å². The summed E-state index contributed by atoms with van der Waals surface area (Å²) in [7, 11) is -3.84. The Kier molecular flexibility index (Phi) is 4.52. The predicted molar refractivity (Wildman–Crippen MR) is 95.6 cm³/mol. The Morgan fingerprint density at radius 2 is 1.81 bits per heavy atom. The Morgan fingerprint density at radius 3 is 2.38 bits per heavy atom. The molecule has 0 spiro atoms. The summed E-state index contributed by atoms with van der Waals surface area (Å²) in [6.07, 6.45) is 0. The van der Waals surface area contributed by atoms with E-state index in [-0.39, 0.29) is 16.1 Å². The van der Waals surface area contributed by atoms with Crippen LogP contribution < -0.4 is 4.72 Å². The van der Waals surface area contributed by atoms with E-state index in [1.165, 1.54) is 24.3 Å². The zero-order chi connectivity index (χ0) is 18.9. The molecule has 0 fully saturated rings. The minimum atomic E-state index is -3.84. The van der Waals surface area contributed by atoms with Gasteiger partial charge in [0.2, 0.25) is 0 Å².